The van der Waals surface area contributed by atoms with Crippen molar-refractivity contribution in [3.05, 3.63) is 59.7 Å². The van der Waals surface area contributed by atoms with Crippen LogP contribution in [0.3, 0.4) is 0 Å². The number of ether oxygens (including phenoxy) is 4. The quantitative estimate of drug-likeness (QED) is 0.489. The Labute approximate surface area is 183 Å². The normalized spacial score (nSPS) is 16.1. The van der Waals surface area contributed by atoms with Crippen molar-refractivity contribution >= 4 is 18.0 Å². The number of esters is 1. The number of rotatable bonds is 8. The summed E-state index contributed by atoms with van der Waals surface area (Å²) in [6, 6.07) is 11.4. The van der Waals surface area contributed by atoms with E-state index in [1.807, 2.05) is 24.3 Å². The number of para-hydroxylation sites is 1. The SMILES string of the molecule is COc1cc(/C=C/C(=O)OC(C)C(=O)NC2CCOc3ccccc32)ccc1OC(F)F. The number of benzene rings is 2. The van der Waals surface area contributed by atoms with Gasteiger partial charge >= 0.3 is 12.6 Å². The van der Waals surface area contributed by atoms with E-state index in [2.05, 4.69) is 10.1 Å². The zero-order valence-corrected chi connectivity index (χ0v) is 17.5. The standard InChI is InChI=1S/C23H23F2NO6/c1-14(22(28)26-17-11-12-30-18-6-4-3-5-16(17)18)31-21(27)10-8-15-7-9-19(32-23(24)25)20(13-15)29-2/h3-10,13-14,17,23H,11-12H2,1-2H3,(H,26,28)/b10-8+. The van der Waals surface area contributed by atoms with Gasteiger partial charge in [0.05, 0.1) is 19.8 Å². The first-order valence-electron chi connectivity index (χ1n) is 9.91. The molecule has 1 aliphatic heterocycles. The summed E-state index contributed by atoms with van der Waals surface area (Å²) in [5.74, 6) is -0.472. The zero-order chi connectivity index (χ0) is 23.1. The number of amides is 1. The van der Waals surface area contributed by atoms with Crippen LogP contribution < -0.4 is 19.5 Å². The Balaban J connectivity index is 1.56. The molecule has 1 heterocycles. The lowest BCUT2D eigenvalue weighted by Crippen LogP contribution is -2.39. The molecule has 0 fully saturated rings. The van der Waals surface area contributed by atoms with E-state index in [9.17, 15) is 18.4 Å². The smallest absolute Gasteiger partial charge is 0.387 e. The highest BCUT2D eigenvalue weighted by molar-refractivity contribution is 5.90. The van der Waals surface area contributed by atoms with Crippen molar-refractivity contribution in [2.45, 2.75) is 32.1 Å². The van der Waals surface area contributed by atoms with Crippen molar-refractivity contribution in [3.63, 3.8) is 0 Å². The van der Waals surface area contributed by atoms with Crippen LogP contribution >= 0.6 is 0 Å². The van der Waals surface area contributed by atoms with Crippen LogP contribution in [0.25, 0.3) is 6.08 Å². The third-order valence-electron chi connectivity index (χ3n) is 4.75. The Morgan fingerprint density at radius 3 is 2.72 bits per heavy atom. The van der Waals surface area contributed by atoms with Crippen molar-refractivity contribution in [1.82, 2.24) is 5.32 Å². The Hall–Kier alpha value is -3.62. The van der Waals surface area contributed by atoms with Crippen LogP contribution in [0.1, 0.15) is 30.5 Å². The molecule has 0 spiro atoms. The number of nitrogens with one attached hydrogen (secondary N) is 1. The molecule has 0 aliphatic carbocycles. The molecule has 0 saturated carbocycles. The molecule has 0 aromatic heterocycles. The molecule has 7 nitrogen and oxygen atoms in total. The van der Waals surface area contributed by atoms with E-state index in [1.54, 1.807) is 0 Å². The predicted molar refractivity (Wildman–Crippen MR) is 112 cm³/mol. The number of halogens is 2. The molecule has 1 amide bonds. The van der Waals surface area contributed by atoms with Crippen molar-refractivity contribution in [2.75, 3.05) is 13.7 Å². The molecule has 0 saturated heterocycles. The molecule has 3 rings (SSSR count). The third kappa shape index (κ3) is 5.96. The summed E-state index contributed by atoms with van der Waals surface area (Å²) >= 11 is 0. The summed E-state index contributed by atoms with van der Waals surface area (Å²) in [6.45, 7) is -1.03. The second-order valence-corrected chi connectivity index (χ2v) is 6.94. The topological polar surface area (TPSA) is 83.1 Å². The second kappa shape index (κ2) is 10.6. The van der Waals surface area contributed by atoms with Gasteiger partial charge < -0.3 is 24.3 Å². The number of fused-ring (bicyclic) bond motifs is 1. The molecule has 2 atom stereocenters. The van der Waals surface area contributed by atoms with Gasteiger partial charge in [0, 0.05) is 18.1 Å². The summed E-state index contributed by atoms with van der Waals surface area (Å²) in [5.41, 5.74) is 1.37. The average molecular weight is 447 g/mol. The lowest BCUT2D eigenvalue weighted by Gasteiger charge is -2.27. The lowest BCUT2D eigenvalue weighted by molar-refractivity contribution is -0.150. The maximum atomic E-state index is 12.5. The van der Waals surface area contributed by atoms with Gasteiger partial charge in [-0.15, -0.1) is 0 Å². The summed E-state index contributed by atoms with van der Waals surface area (Å²) < 4.78 is 44.9. The van der Waals surface area contributed by atoms with Gasteiger partial charge in [-0.2, -0.15) is 8.78 Å². The predicted octanol–water partition coefficient (Wildman–Crippen LogP) is 3.88. The number of carbonyl (C=O) groups excluding carboxylic acids is 2. The Morgan fingerprint density at radius 1 is 1.19 bits per heavy atom. The monoisotopic (exact) mass is 447 g/mol. The maximum Gasteiger partial charge on any atom is 0.387 e. The lowest BCUT2D eigenvalue weighted by atomic mass is 10.0. The van der Waals surface area contributed by atoms with E-state index in [4.69, 9.17) is 14.2 Å². The highest BCUT2D eigenvalue weighted by Crippen LogP contribution is 2.32. The highest BCUT2D eigenvalue weighted by Gasteiger charge is 2.25. The molecular weight excluding hydrogens is 424 g/mol. The van der Waals surface area contributed by atoms with Crippen LogP contribution in [0.2, 0.25) is 0 Å². The van der Waals surface area contributed by atoms with Crippen molar-refractivity contribution in [3.8, 4) is 17.2 Å². The first-order valence-corrected chi connectivity index (χ1v) is 9.91. The molecule has 32 heavy (non-hydrogen) atoms. The largest absolute Gasteiger partial charge is 0.493 e. The summed E-state index contributed by atoms with van der Waals surface area (Å²) in [4.78, 5) is 24.6. The van der Waals surface area contributed by atoms with Crippen LogP contribution in [0.4, 0.5) is 8.78 Å². The molecule has 1 aliphatic rings. The third-order valence-corrected chi connectivity index (χ3v) is 4.75. The van der Waals surface area contributed by atoms with Gasteiger partial charge in [0.15, 0.2) is 17.6 Å². The van der Waals surface area contributed by atoms with E-state index in [1.165, 1.54) is 38.3 Å². The van der Waals surface area contributed by atoms with E-state index in [-0.39, 0.29) is 17.5 Å². The van der Waals surface area contributed by atoms with Crippen molar-refractivity contribution in [1.29, 1.82) is 0 Å². The molecule has 0 bridgehead atoms. The Morgan fingerprint density at radius 2 is 1.97 bits per heavy atom. The highest BCUT2D eigenvalue weighted by atomic mass is 19.3. The number of hydrogen-bond donors (Lipinski definition) is 1. The van der Waals surface area contributed by atoms with E-state index in [0.717, 1.165) is 17.4 Å². The minimum atomic E-state index is -2.98. The second-order valence-electron chi connectivity index (χ2n) is 6.94. The number of carbonyl (C=O) groups is 2. The van der Waals surface area contributed by atoms with Gasteiger partial charge in [0.25, 0.3) is 5.91 Å². The first kappa shape index (κ1) is 23.1. The van der Waals surface area contributed by atoms with Gasteiger partial charge in [-0.3, -0.25) is 4.79 Å². The fourth-order valence-corrected chi connectivity index (χ4v) is 3.19. The molecule has 2 aromatic rings. The van der Waals surface area contributed by atoms with Crippen LogP contribution in [0.5, 0.6) is 17.2 Å². The average Bonchev–Trinajstić information content (AvgIpc) is 2.78. The molecule has 1 N–H and O–H groups in total. The van der Waals surface area contributed by atoms with E-state index in [0.29, 0.717) is 18.6 Å². The maximum absolute atomic E-state index is 12.5. The summed E-state index contributed by atoms with van der Waals surface area (Å²) in [5, 5.41) is 2.88. The van der Waals surface area contributed by atoms with Crippen LogP contribution in [0.15, 0.2) is 48.5 Å². The molecule has 2 aromatic carbocycles. The van der Waals surface area contributed by atoms with Gasteiger partial charge in [-0.1, -0.05) is 24.3 Å². The minimum Gasteiger partial charge on any atom is -0.493 e. The molecule has 0 radical (unpaired) electrons. The number of alkyl halides is 2. The Kier molecular flexibility index (Phi) is 7.64. The fraction of sp³-hybridized carbons (Fsp3) is 0.304. The number of hydrogen-bond acceptors (Lipinski definition) is 6. The Bertz CT molecular complexity index is 994. The molecule has 170 valence electrons. The summed E-state index contributed by atoms with van der Waals surface area (Å²) in [7, 11) is 1.31. The van der Waals surface area contributed by atoms with Crippen LogP contribution in [-0.4, -0.2) is 38.3 Å². The molecular formula is C23H23F2NO6. The van der Waals surface area contributed by atoms with Gasteiger partial charge in [-0.25, -0.2) is 4.79 Å². The first-order chi connectivity index (χ1) is 15.4. The van der Waals surface area contributed by atoms with Gasteiger partial charge in [0.1, 0.15) is 5.75 Å². The fourth-order valence-electron chi connectivity index (χ4n) is 3.19. The van der Waals surface area contributed by atoms with Crippen molar-refractivity contribution in [2.24, 2.45) is 0 Å². The zero-order valence-electron chi connectivity index (χ0n) is 17.5. The number of methoxy groups -OCH3 is 1. The van der Waals surface area contributed by atoms with Crippen LogP contribution in [0, 0.1) is 0 Å². The van der Waals surface area contributed by atoms with Gasteiger partial charge in [-0.05, 0) is 36.8 Å². The molecule has 2 unspecified atom stereocenters. The van der Waals surface area contributed by atoms with E-state index < -0.39 is 24.6 Å². The summed E-state index contributed by atoms with van der Waals surface area (Å²) in [6.07, 6.45) is 2.14. The van der Waals surface area contributed by atoms with Crippen LogP contribution in [-0.2, 0) is 14.3 Å². The van der Waals surface area contributed by atoms with Crippen molar-refractivity contribution < 1.29 is 37.3 Å². The van der Waals surface area contributed by atoms with Gasteiger partial charge in [0.2, 0.25) is 0 Å². The van der Waals surface area contributed by atoms with E-state index >= 15 is 0 Å². The minimum absolute atomic E-state index is 0.0882. The molecule has 9 heteroatoms.